The fraction of sp³-hybridized carbons (Fsp3) is 0.640. The number of pyridine rings is 2. The Morgan fingerprint density at radius 2 is 1.94 bits per heavy atom. The van der Waals surface area contributed by atoms with Crippen LogP contribution >= 0.6 is 0 Å². The van der Waals surface area contributed by atoms with E-state index in [1.54, 1.807) is 4.57 Å². The van der Waals surface area contributed by atoms with Crippen LogP contribution in [0.2, 0.25) is 0 Å². The molecule has 2 aromatic heterocycles. The number of nitrogens with zero attached hydrogens (tertiary/aromatic N) is 2. The van der Waals surface area contributed by atoms with Gasteiger partial charge in [0.1, 0.15) is 0 Å². The SMILES string of the molecule is Cc1cc2c(cn1)cc(C1CC(NC(=O)NCC3CCCCC3)CCC1C)c(=O)n2C. The minimum absolute atomic E-state index is 0.0602. The summed E-state index contributed by atoms with van der Waals surface area (Å²) in [4.78, 5) is 30.1. The van der Waals surface area contributed by atoms with Gasteiger partial charge in [0.2, 0.25) is 0 Å². The second kappa shape index (κ2) is 9.41. The van der Waals surface area contributed by atoms with Crippen LogP contribution in [-0.4, -0.2) is 28.2 Å². The summed E-state index contributed by atoms with van der Waals surface area (Å²) in [5, 5.41) is 7.27. The van der Waals surface area contributed by atoms with Crippen molar-refractivity contribution in [3.05, 3.63) is 39.9 Å². The van der Waals surface area contributed by atoms with Gasteiger partial charge < -0.3 is 15.2 Å². The highest BCUT2D eigenvalue weighted by molar-refractivity contribution is 5.79. The molecule has 2 saturated carbocycles. The number of amides is 2. The quantitative estimate of drug-likeness (QED) is 0.764. The number of fused-ring (bicyclic) bond motifs is 1. The maximum absolute atomic E-state index is 13.2. The van der Waals surface area contributed by atoms with Gasteiger partial charge in [0.05, 0.1) is 5.52 Å². The van der Waals surface area contributed by atoms with Gasteiger partial charge in [-0.1, -0.05) is 26.2 Å². The molecule has 2 fully saturated rings. The smallest absolute Gasteiger partial charge is 0.315 e. The normalized spacial score (nSPS) is 24.8. The van der Waals surface area contributed by atoms with Gasteiger partial charge in [0.25, 0.3) is 5.56 Å². The Labute approximate surface area is 184 Å². The minimum Gasteiger partial charge on any atom is -0.338 e. The number of carbonyl (C=O) groups is 1. The maximum Gasteiger partial charge on any atom is 0.315 e. The molecule has 6 heteroatoms. The molecule has 3 unspecified atom stereocenters. The molecule has 3 atom stereocenters. The van der Waals surface area contributed by atoms with E-state index in [0.717, 1.165) is 48.0 Å². The molecule has 0 saturated heterocycles. The fourth-order valence-electron chi connectivity index (χ4n) is 5.51. The van der Waals surface area contributed by atoms with Crippen LogP contribution in [0.15, 0.2) is 23.1 Å². The second-order valence-corrected chi connectivity index (χ2v) is 9.80. The molecule has 31 heavy (non-hydrogen) atoms. The summed E-state index contributed by atoms with van der Waals surface area (Å²) in [5.41, 5.74) is 2.74. The van der Waals surface area contributed by atoms with Crippen molar-refractivity contribution in [1.29, 1.82) is 0 Å². The van der Waals surface area contributed by atoms with Gasteiger partial charge in [0, 0.05) is 42.5 Å². The molecule has 0 bridgehead atoms. The average Bonchev–Trinajstić information content (AvgIpc) is 2.77. The van der Waals surface area contributed by atoms with Crippen molar-refractivity contribution in [1.82, 2.24) is 20.2 Å². The topological polar surface area (TPSA) is 76.0 Å². The number of rotatable bonds is 4. The Hall–Kier alpha value is -2.37. The summed E-state index contributed by atoms with van der Waals surface area (Å²) in [6, 6.07) is 4.03. The lowest BCUT2D eigenvalue weighted by Gasteiger charge is -2.35. The summed E-state index contributed by atoms with van der Waals surface area (Å²) < 4.78 is 1.75. The maximum atomic E-state index is 13.2. The van der Waals surface area contributed by atoms with Crippen molar-refractivity contribution in [2.45, 2.75) is 77.2 Å². The van der Waals surface area contributed by atoms with Crippen LogP contribution in [0, 0.1) is 18.8 Å². The fourth-order valence-corrected chi connectivity index (χ4v) is 5.51. The second-order valence-electron chi connectivity index (χ2n) is 9.80. The van der Waals surface area contributed by atoms with Crippen LogP contribution in [-0.2, 0) is 7.05 Å². The molecule has 4 rings (SSSR count). The number of nitrogens with one attached hydrogen (secondary N) is 2. The molecule has 2 aliphatic rings. The average molecular weight is 425 g/mol. The Morgan fingerprint density at radius 1 is 1.16 bits per heavy atom. The van der Waals surface area contributed by atoms with Crippen molar-refractivity contribution in [3.8, 4) is 0 Å². The highest BCUT2D eigenvalue weighted by Gasteiger charge is 2.32. The predicted molar refractivity (Wildman–Crippen MR) is 124 cm³/mol. The number of carbonyl (C=O) groups excluding carboxylic acids is 1. The molecule has 2 aromatic rings. The van der Waals surface area contributed by atoms with Crippen molar-refractivity contribution < 1.29 is 4.79 Å². The van der Waals surface area contributed by atoms with Crippen LogP contribution in [0.1, 0.15) is 75.5 Å². The van der Waals surface area contributed by atoms with Crippen LogP contribution in [0.4, 0.5) is 4.79 Å². The van der Waals surface area contributed by atoms with Crippen LogP contribution in [0.5, 0.6) is 0 Å². The third kappa shape index (κ3) is 4.94. The molecule has 0 spiro atoms. The first kappa shape index (κ1) is 21.8. The van der Waals surface area contributed by atoms with E-state index in [9.17, 15) is 9.59 Å². The number of urea groups is 1. The molecule has 0 radical (unpaired) electrons. The third-order valence-electron chi connectivity index (χ3n) is 7.48. The minimum atomic E-state index is -0.0602. The van der Waals surface area contributed by atoms with E-state index in [4.69, 9.17) is 0 Å². The van der Waals surface area contributed by atoms with E-state index in [0.29, 0.717) is 11.8 Å². The molecule has 0 aromatic carbocycles. The van der Waals surface area contributed by atoms with Crippen molar-refractivity contribution >= 4 is 16.9 Å². The Bertz CT molecular complexity index is 993. The van der Waals surface area contributed by atoms with Crippen molar-refractivity contribution in [2.24, 2.45) is 18.9 Å². The molecule has 168 valence electrons. The molecule has 2 N–H and O–H groups in total. The molecule has 2 heterocycles. The van der Waals surface area contributed by atoms with Gasteiger partial charge in [-0.3, -0.25) is 9.78 Å². The summed E-state index contributed by atoms with van der Waals surface area (Å²) >= 11 is 0. The zero-order valence-corrected chi connectivity index (χ0v) is 19.1. The zero-order chi connectivity index (χ0) is 22.0. The lowest BCUT2D eigenvalue weighted by Crippen LogP contribution is -2.46. The first-order valence-corrected chi connectivity index (χ1v) is 11.9. The molecule has 0 aliphatic heterocycles. The van der Waals surface area contributed by atoms with Crippen molar-refractivity contribution in [3.63, 3.8) is 0 Å². The summed E-state index contributed by atoms with van der Waals surface area (Å²) in [5.74, 6) is 1.17. The molecule has 2 amide bonds. The third-order valence-corrected chi connectivity index (χ3v) is 7.48. The Balaban J connectivity index is 1.45. The molecular weight excluding hydrogens is 388 g/mol. The first-order chi connectivity index (χ1) is 14.9. The van der Waals surface area contributed by atoms with Crippen LogP contribution < -0.4 is 16.2 Å². The van der Waals surface area contributed by atoms with Gasteiger partial charge in [-0.2, -0.15) is 0 Å². The predicted octanol–water partition coefficient (Wildman–Crippen LogP) is 4.39. The van der Waals surface area contributed by atoms with E-state index >= 15 is 0 Å². The molecule has 2 aliphatic carbocycles. The first-order valence-electron chi connectivity index (χ1n) is 11.9. The zero-order valence-electron chi connectivity index (χ0n) is 19.1. The highest BCUT2D eigenvalue weighted by atomic mass is 16.2. The van der Waals surface area contributed by atoms with Gasteiger partial charge in [-0.15, -0.1) is 0 Å². The number of aromatic nitrogens is 2. The molecule has 6 nitrogen and oxygen atoms in total. The van der Waals surface area contributed by atoms with Gasteiger partial charge in [-0.05, 0) is 68.9 Å². The number of hydrogen-bond acceptors (Lipinski definition) is 3. The van der Waals surface area contributed by atoms with Gasteiger partial charge >= 0.3 is 6.03 Å². The van der Waals surface area contributed by atoms with Crippen LogP contribution in [0.3, 0.4) is 0 Å². The Kier molecular flexibility index (Phi) is 6.63. The van der Waals surface area contributed by atoms with E-state index in [-0.39, 0.29) is 23.6 Å². The summed E-state index contributed by atoms with van der Waals surface area (Å²) in [7, 11) is 1.84. The lowest BCUT2D eigenvalue weighted by atomic mass is 9.74. The van der Waals surface area contributed by atoms with Crippen molar-refractivity contribution in [2.75, 3.05) is 6.54 Å². The standard InChI is InChI=1S/C25H36N4O2/c1-16-9-10-20(28-25(31)27-14-18-7-5-4-6-8-18)13-21(16)22-12-19-15-26-17(2)11-23(19)29(3)24(22)30/h11-12,15-16,18,20-21H,4-10,13-14H2,1-3H3,(H2,27,28,31). The van der Waals surface area contributed by atoms with E-state index in [1.807, 2.05) is 32.3 Å². The van der Waals surface area contributed by atoms with Gasteiger partial charge in [0.15, 0.2) is 0 Å². The monoisotopic (exact) mass is 424 g/mol. The molecular formula is C25H36N4O2. The van der Waals surface area contributed by atoms with E-state index in [2.05, 4.69) is 22.5 Å². The summed E-state index contributed by atoms with van der Waals surface area (Å²) in [6.45, 7) is 4.94. The van der Waals surface area contributed by atoms with E-state index in [1.165, 1.54) is 32.1 Å². The van der Waals surface area contributed by atoms with Crippen LogP contribution in [0.25, 0.3) is 10.9 Å². The lowest BCUT2D eigenvalue weighted by molar-refractivity contribution is 0.219. The Morgan fingerprint density at radius 3 is 2.71 bits per heavy atom. The largest absolute Gasteiger partial charge is 0.338 e. The number of aryl methyl sites for hydroxylation is 2. The summed E-state index contributed by atoms with van der Waals surface area (Å²) in [6.07, 6.45) is 11.0. The number of hydrogen-bond donors (Lipinski definition) is 2. The van der Waals surface area contributed by atoms with Gasteiger partial charge in [-0.25, -0.2) is 4.79 Å². The highest BCUT2D eigenvalue weighted by Crippen LogP contribution is 2.37. The van der Waals surface area contributed by atoms with E-state index < -0.39 is 0 Å².